The topological polar surface area (TPSA) is 95.6 Å². The van der Waals surface area contributed by atoms with Gasteiger partial charge in [-0.3, -0.25) is 4.79 Å². The molecule has 3 aromatic rings. The Morgan fingerprint density at radius 2 is 2.05 bits per heavy atom. The number of piperazine rings is 1. The highest BCUT2D eigenvalue weighted by atomic mass is 19.1. The van der Waals surface area contributed by atoms with Crippen LogP contribution in [0.4, 0.5) is 15.9 Å². The Labute approximate surface area is 256 Å². The highest BCUT2D eigenvalue weighted by Crippen LogP contribution is 2.37. The van der Waals surface area contributed by atoms with Gasteiger partial charge in [-0.05, 0) is 43.7 Å². The number of fused-ring (bicyclic) bond motifs is 2. The largest absolute Gasteiger partial charge is 0.508 e. The van der Waals surface area contributed by atoms with Crippen LogP contribution in [0.15, 0.2) is 48.6 Å². The van der Waals surface area contributed by atoms with Crippen LogP contribution in [-0.4, -0.2) is 90.1 Å². The molecule has 1 saturated carbocycles. The summed E-state index contributed by atoms with van der Waals surface area (Å²) in [7, 11) is 0. The molecule has 11 heteroatoms. The van der Waals surface area contributed by atoms with Crippen LogP contribution in [0.2, 0.25) is 0 Å². The lowest BCUT2D eigenvalue weighted by Gasteiger charge is -2.41. The summed E-state index contributed by atoms with van der Waals surface area (Å²) in [4.78, 5) is 32.1. The number of aromatic hydroxyl groups is 1. The van der Waals surface area contributed by atoms with E-state index in [1.165, 1.54) is 12.2 Å². The van der Waals surface area contributed by atoms with E-state index in [1.807, 2.05) is 25.1 Å². The SMILES string of the molecule is [C-]#[N+]C[C@H]1CN(c2nc(O[C@H](C)COC3CC3)nc3c2CCN(c2cc(O)cc4ccccc24)C3)CCN1C(=O)/C=C/CF. The standard InChI is InChI=1S/C33H37FN6O4/c1-22(21-43-26-9-10-26)44-33-36-29-20-38(30-17-25(41)16-23-6-3-4-7-27(23)30)13-11-28(29)32(37-33)39-14-15-40(24(19-39)18-35-2)31(42)8-5-12-34/h3-8,16-17,22,24,26,41H,9-15,18-21H2,1H3/b8-5+/t22-,24+/m1/s1. The third-order valence-electron chi connectivity index (χ3n) is 8.30. The molecule has 2 atom stereocenters. The summed E-state index contributed by atoms with van der Waals surface area (Å²) in [6.07, 6.45) is 5.33. The monoisotopic (exact) mass is 600 g/mol. The summed E-state index contributed by atoms with van der Waals surface area (Å²) < 4.78 is 24.8. The molecule has 0 bridgehead atoms. The van der Waals surface area contributed by atoms with Gasteiger partial charge in [0.1, 0.15) is 30.4 Å². The van der Waals surface area contributed by atoms with Gasteiger partial charge in [0.2, 0.25) is 12.5 Å². The summed E-state index contributed by atoms with van der Waals surface area (Å²) in [5.74, 6) is 0.672. The first-order valence-electron chi connectivity index (χ1n) is 15.2. The van der Waals surface area contributed by atoms with Crippen molar-refractivity contribution >= 4 is 28.2 Å². The number of ether oxygens (including phenoxy) is 2. The maximum Gasteiger partial charge on any atom is 0.319 e. The highest BCUT2D eigenvalue weighted by molar-refractivity contribution is 5.95. The van der Waals surface area contributed by atoms with Crippen LogP contribution in [-0.2, 0) is 22.5 Å². The van der Waals surface area contributed by atoms with Gasteiger partial charge in [0, 0.05) is 55.0 Å². The molecule has 1 saturated heterocycles. The minimum Gasteiger partial charge on any atom is -0.508 e. The summed E-state index contributed by atoms with van der Waals surface area (Å²) >= 11 is 0. The number of halogens is 1. The average molecular weight is 601 g/mol. The number of hydrogen-bond donors (Lipinski definition) is 1. The zero-order chi connectivity index (χ0) is 30.6. The molecule has 0 spiro atoms. The molecule has 1 aliphatic carbocycles. The summed E-state index contributed by atoms with van der Waals surface area (Å²) in [5, 5.41) is 12.5. The molecule has 10 nitrogen and oxygen atoms in total. The van der Waals surface area contributed by atoms with Crippen molar-refractivity contribution < 1.29 is 23.8 Å². The van der Waals surface area contributed by atoms with Crippen LogP contribution in [0.5, 0.6) is 11.8 Å². The number of amides is 1. The van der Waals surface area contributed by atoms with Crippen molar-refractivity contribution in [3.05, 3.63) is 71.2 Å². The molecule has 0 unspecified atom stereocenters. The molecule has 44 heavy (non-hydrogen) atoms. The molecule has 1 N–H and O–H groups in total. The molecular weight excluding hydrogens is 563 g/mol. The Morgan fingerprint density at radius 1 is 1.20 bits per heavy atom. The Hall–Kier alpha value is -4.43. The first-order valence-corrected chi connectivity index (χ1v) is 15.2. The predicted octanol–water partition coefficient (Wildman–Crippen LogP) is 4.31. The average Bonchev–Trinajstić information content (AvgIpc) is 3.86. The lowest BCUT2D eigenvalue weighted by Crippen LogP contribution is -2.56. The van der Waals surface area contributed by atoms with Crippen molar-refractivity contribution in [3.63, 3.8) is 0 Å². The van der Waals surface area contributed by atoms with Crippen molar-refractivity contribution in [2.45, 2.75) is 51.0 Å². The molecule has 2 aliphatic heterocycles. The Bertz CT molecular complexity index is 1590. The van der Waals surface area contributed by atoms with Crippen LogP contribution < -0.4 is 14.5 Å². The minimum atomic E-state index is -0.714. The van der Waals surface area contributed by atoms with Crippen LogP contribution in [0.25, 0.3) is 15.6 Å². The molecule has 230 valence electrons. The normalized spacial score (nSPS) is 19.2. The smallest absolute Gasteiger partial charge is 0.319 e. The Balaban J connectivity index is 1.31. The van der Waals surface area contributed by atoms with Gasteiger partial charge in [-0.15, -0.1) is 0 Å². The highest BCUT2D eigenvalue weighted by Gasteiger charge is 2.35. The van der Waals surface area contributed by atoms with Crippen molar-refractivity contribution in [1.82, 2.24) is 14.9 Å². The van der Waals surface area contributed by atoms with Gasteiger partial charge >= 0.3 is 6.01 Å². The van der Waals surface area contributed by atoms with Crippen molar-refractivity contribution in [2.75, 3.05) is 55.8 Å². The molecule has 1 amide bonds. The van der Waals surface area contributed by atoms with E-state index in [1.54, 1.807) is 17.0 Å². The maximum absolute atomic E-state index is 12.8. The number of carbonyl (C=O) groups is 1. The third kappa shape index (κ3) is 6.55. The second-order valence-electron chi connectivity index (χ2n) is 11.6. The quantitative estimate of drug-likeness (QED) is 0.272. The van der Waals surface area contributed by atoms with E-state index < -0.39 is 6.67 Å². The molecule has 2 fully saturated rings. The first-order chi connectivity index (χ1) is 21.4. The third-order valence-corrected chi connectivity index (χ3v) is 8.30. The van der Waals surface area contributed by atoms with E-state index in [0.29, 0.717) is 51.9 Å². The predicted molar refractivity (Wildman–Crippen MR) is 166 cm³/mol. The van der Waals surface area contributed by atoms with Crippen LogP contribution in [0.1, 0.15) is 31.0 Å². The van der Waals surface area contributed by atoms with E-state index >= 15 is 0 Å². The number of carbonyl (C=O) groups excluding carboxylic acids is 1. The fourth-order valence-corrected chi connectivity index (χ4v) is 6.01. The number of aromatic nitrogens is 2. The van der Waals surface area contributed by atoms with Crippen molar-refractivity contribution in [3.8, 4) is 11.8 Å². The molecule has 6 rings (SSSR count). The molecule has 3 heterocycles. The second-order valence-corrected chi connectivity index (χ2v) is 11.6. The van der Waals surface area contributed by atoms with Gasteiger partial charge in [-0.25, -0.2) is 11.0 Å². The minimum absolute atomic E-state index is 0.135. The van der Waals surface area contributed by atoms with Crippen LogP contribution in [0, 0.1) is 6.57 Å². The van der Waals surface area contributed by atoms with Crippen LogP contribution >= 0.6 is 0 Å². The van der Waals surface area contributed by atoms with Gasteiger partial charge in [-0.2, -0.15) is 9.97 Å². The maximum atomic E-state index is 12.8. The Morgan fingerprint density at radius 3 is 2.84 bits per heavy atom. The summed E-state index contributed by atoms with van der Waals surface area (Å²) in [6.45, 7) is 11.8. The molecule has 3 aliphatic rings. The number of phenolic OH excluding ortho intramolecular Hbond substituents is 1. The molecule has 0 radical (unpaired) electrons. The van der Waals surface area contributed by atoms with Crippen LogP contribution in [0.3, 0.4) is 0 Å². The number of alkyl halides is 1. The van der Waals surface area contributed by atoms with E-state index in [9.17, 15) is 14.3 Å². The second kappa shape index (κ2) is 13.1. The fourth-order valence-electron chi connectivity index (χ4n) is 6.01. The molecule has 1 aromatic heterocycles. The van der Waals surface area contributed by atoms with E-state index in [2.05, 4.69) is 20.7 Å². The lowest BCUT2D eigenvalue weighted by molar-refractivity contribution is -0.128. The first kappa shape index (κ1) is 29.6. The summed E-state index contributed by atoms with van der Waals surface area (Å²) in [5.41, 5.74) is 2.79. The number of benzene rings is 2. The molecular formula is C33H37FN6O4. The number of allylic oxidation sites excluding steroid dienone is 1. The van der Waals surface area contributed by atoms with Gasteiger partial charge in [0.15, 0.2) is 0 Å². The number of phenols is 1. The van der Waals surface area contributed by atoms with Gasteiger partial charge in [-0.1, -0.05) is 24.3 Å². The fraction of sp³-hybridized carbons (Fsp3) is 0.455. The van der Waals surface area contributed by atoms with Crippen molar-refractivity contribution in [1.29, 1.82) is 0 Å². The van der Waals surface area contributed by atoms with Gasteiger partial charge < -0.3 is 34.1 Å². The van der Waals surface area contributed by atoms with E-state index in [4.69, 9.17) is 26.0 Å². The number of hydrogen-bond acceptors (Lipinski definition) is 8. The van der Waals surface area contributed by atoms with E-state index in [0.717, 1.165) is 46.4 Å². The number of nitrogens with zero attached hydrogens (tertiary/aromatic N) is 6. The summed E-state index contributed by atoms with van der Waals surface area (Å²) in [6, 6.07) is 11.5. The van der Waals surface area contributed by atoms with Gasteiger partial charge in [0.25, 0.3) is 0 Å². The zero-order valence-electron chi connectivity index (χ0n) is 24.9. The molecule has 2 aromatic carbocycles. The lowest BCUT2D eigenvalue weighted by atomic mass is 10.0. The zero-order valence-corrected chi connectivity index (χ0v) is 24.9. The Kier molecular flexibility index (Phi) is 8.79. The van der Waals surface area contributed by atoms with Crippen molar-refractivity contribution in [2.24, 2.45) is 0 Å². The number of anilines is 2. The number of rotatable bonds is 10. The van der Waals surface area contributed by atoms with Gasteiger partial charge in [0.05, 0.1) is 24.9 Å². The van der Waals surface area contributed by atoms with E-state index in [-0.39, 0.29) is 36.4 Å².